The SMILES string of the molecule is O=S(=O)(NCC1CCCc2ccccc21)c1ccco1. The number of hydrogen-bond acceptors (Lipinski definition) is 3. The summed E-state index contributed by atoms with van der Waals surface area (Å²) < 4.78 is 31.7. The van der Waals surface area contributed by atoms with Gasteiger partial charge in [-0.05, 0) is 48.4 Å². The second-order valence-electron chi connectivity index (χ2n) is 5.07. The van der Waals surface area contributed by atoms with E-state index in [4.69, 9.17) is 4.42 Å². The first-order chi connectivity index (χ1) is 9.67. The lowest BCUT2D eigenvalue weighted by Crippen LogP contribution is -2.29. The second-order valence-corrected chi connectivity index (χ2v) is 6.77. The fourth-order valence-electron chi connectivity index (χ4n) is 2.76. The minimum atomic E-state index is -3.54. The smallest absolute Gasteiger partial charge is 0.273 e. The van der Waals surface area contributed by atoms with Crippen LogP contribution in [0.4, 0.5) is 0 Å². The van der Waals surface area contributed by atoms with Crippen molar-refractivity contribution >= 4 is 10.0 Å². The maximum atomic E-state index is 12.0. The molecule has 20 heavy (non-hydrogen) atoms. The molecule has 1 aliphatic carbocycles. The molecule has 0 fully saturated rings. The Morgan fingerprint density at radius 3 is 2.85 bits per heavy atom. The zero-order valence-corrected chi connectivity index (χ0v) is 11.9. The van der Waals surface area contributed by atoms with E-state index in [2.05, 4.69) is 16.9 Å². The molecule has 0 bridgehead atoms. The molecule has 1 heterocycles. The molecule has 0 saturated heterocycles. The topological polar surface area (TPSA) is 59.3 Å². The average Bonchev–Trinajstić information content (AvgIpc) is 3.00. The van der Waals surface area contributed by atoms with Gasteiger partial charge in [-0.25, -0.2) is 13.1 Å². The Balaban J connectivity index is 1.74. The molecule has 5 heteroatoms. The van der Waals surface area contributed by atoms with Crippen LogP contribution in [0, 0.1) is 0 Å². The van der Waals surface area contributed by atoms with Crippen LogP contribution in [0.15, 0.2) is 52.2 Å². The van der Waals surface area contributed by atoms with E-state index in [9.17, 15) is 8.42 Å². The summed E-state index contributed by atoms with van der Waals surface area (Å²) in [6, 6.07) is 11.3. The third kappa shape index (κ3) is 2.64. The molecule has 0 saturated carbocycles. The molecule has 0 spiro atoms. The van der Waals surface area contributed by atoms with Gasteiger partial charge in [0.05, 0.1) is 6.26 Å². The fourth-order valence-corrected chi connectivity index (χ4v) is 3.77. The van der Waals surface area contributed by atoms with E-state index < -0.39 is 10.0 Å². The fraction of sp³-hybridized carbons (Fsp3) is 0.333. The maximum Gasteiger partial charge on any atom is 0.273 e. The Hall–Kier alpha value is -1.59. The Kier molecular flexibility index (Phi) is 3.63. The van der Waals surface area contributed by atoms with Crippen molar-refractivity contribution in [2.75, 3.05) is 6.54 Å². The van der Waals surface area contributed by atoms with E-state index >= 15 is 0 Å². The highest BCUT2D eigenvalue weighted by molar-refractivity contribution is 7.89. The Labute approximate surface area is 118 Å². The molecule has 0 aliphatic heterocycles. The van der Waals surface area contributed by atoms with Gasteiger partial charge in [0.15, 0.2) is 0 Å². The van der Waals surface area contributed by atoms with Gasteiger partial charge in [-0.2, -0.15) is 0 Å². The van der Waals surface area contributed by atoms with Crippen molar-refractivity contribution < 1.29 is 12.8 Å². The first kappa shape index (κ1) is 13.4. The van der Waals surface area contributed by atoms with Crippen LogP contribution in [0.3, 0.4) is 0 Å². The van der Waals surface area contributed by atoms with Crippen molar-refractivity contribution in [2.45, 2.75) is 30.3 Å². The predicted octanol–water partition coefficient (Wildman–Crippen LogP) is 2.68. The van der Waals surface area contributed by atoms with E-state index in [0.29, 0.717) is 6.54 Å². The molecule has 3 rings (SSSR count). The largest absolute Gasteiger partial charge is 0.452 e. The van der Waals surface area contributed by atoms with Crippen LogP contribution in [0.1, 0.15) is 29.9 Å². The molecule has 0 amide bonds. The van der Waals surface area contributed by atoms with Gasteiger partial charge in [0.2, 0.25) is 5.09 Å². The highest BCUT2D eigenvalue weighted by atomic mass is 32.2. The molecular formula is C15H17NO3S. The standard InChI is InChI=1S/C15H17NO3S/c17-20(18,15-9-4-10-19-15)16-11-13-7-3-6-12-5-1-2-8-14(12)13/h1-2,4-5,8-10,13,16H,3,6-7,11H2. The quantitative estimate of drug-likeness (QED) is 0.942. The number of furan rings is 1. The van der Waals surface area contributed by atoms with E-state index in [1.165, 1.54) is 23.5 Å². The zero-order valence-electron chi connectivity index (χ0n) is 11.1. The van der Waals surface area contributed by atoms with Crippen molar-refractivity contribution in [1.29, 1.82) is 0 Å². The van der Waals surface area contributed by atoms with Gasteiger partial charge in [0.25, 0.3) is 10.0 Å². The molecule has 1 aliphatic rings. The zero-order chi connectivity index (χ0) is 14.0. The first-order valence-corrected chi connectivity index (χ1v) is 8.26. The van der Waals surface area contributed by atoms with Gasteiger partial charge >= 0.3 is 0 Å². The van der Waals surface area contributed by atoms with Gasteiger partial charge in [-0.15, -0.1) is 0 Å². The second kappa shape index (κ2) is 5.42. The van der Waals surface area contributed by atoms with Gasteiger partial charge in [0, 0.05) is 6.54 Å². The van der Waals surface area contributed by atoms with E-state index in [-0.39, 0.29) is 11.0 Å². The third-order valence-electron chi connectivity index (χ3n) is 3.77. The summed E-state index contributed by atoms with van der Waals surface area (Å²) in [5, 5.41) is -0.0263. The molecule has 1 atom stereocenters. The van der Waals surface area contributed by atoms with Gasteiger partial charge < -0.3 is 4.42 Å². The Morgan fingerprint density at radius 1 is 1.20 bits per heavy atom. The van der Waals surface area contributed by atoms with Crippen LogP contribution in [0.2, 0.25) is 0 Å². The molecule has 106 valence electrons. The number of rotatable bonds is 4. The van der Waals surface area contributed by atoms with Gasteiger partial charge in [-0.3, -0.25) is 0 Å². The van der Waals surface area contributed by atoms with Crippen molar-refractivity contribution in [3.05, 3.63) is 53.8 Å². The van der Waals surface area contributed by atoms with Gasteiger partial charge in [-0.1, -0.05) is 24.3 Å². The molecule has 1 N–H and O–H groups in total. The van der Waals surface area contributed by atoms with E-state index in [1.54, 1.807) is 6.07 Å². The Bertz CT molecular complexity index is 677. The first-order valence-electron chi connectivity index (χ1n) is 6.78. The minimum Gasteiger partial charge on any atom is -0.452 e. The number of benzene rings is 1. The van der Waals surface area contributed by atoms with Crippen LogP contribution in [0.5, 0.6) is 0 Å². The van der Waals surface area contributed by atoms with Crippen molar-refractivity contribution in [3.63, 3.8) is 0 Å². The maximum absolute atomic E-state index is 12.0. The molecule has 1 aromatic heterocycles. The molecule has 2 aromatic rings. The highest BCUT2D eigenvalue weighted by Gasteiger charge is 2.23. The summed E-state index contributed by atoms with van der Waals surface area (Å²) in [7, 11) is -3.54. The Morgan fingerprint density at radius 2 is 2.05 bits per heavy atom. The lowest BCUT2D eigenvalue weighted by Gasteiger charge is -2.25. The minimum absolute atomic E-state index is 0.0263. The lowest BCUT2D eigenvalue weighted by atomic mass is 9.83. The normalized spacial score (nSPS) is 18.7. The average molecular weight is 291 g/mol. The van der Waals surface area contributed by atoms with Crippen molar-refractivity contribution in [2.24, 2.45) is 0 Å². The third-order valence-corrected chi connectivity index (χ3v) is 5.08. The van der Waals surface area contributed by atoms with Crippen molar-refractivity contribution in [1.82, 2.24) is 4.72 Å². The molecule has 0 radical (unpaired) electrons. The van der Waals surface area contributed by atoms with E-state index in [1.807, 2.05) is 12.1 Å². The monoisotopic (exact) mass is 291 g/mol. The molecule has 4 nitrogen and oxygen atoms in total. The number of sulfonamides is 1. The van der Waals surface area contributed by atoms with Crippen LogP contribution >= 0.6 is 0 Å². The summed E-state index contributed by atoms with van der Waals surface area (Å²) >= 11 is 0. The number of aryl methyl sites for hydroxylation is 1. The summed E-state index contributed by atoms with van der Waals surface area (Å²) in [5.74, 6) is 0.240. The molecular weight excluding hydrogens is 274 g/mol. The summed E-state index contributed by atoms with van der Waals surface area (Å²) in [6.45, 7) is 0.417. The van der Waals surface area contributed by atoms with Gasteiger partial charge in [0.1, 0.15) is 0 Å². The molecule has 1 aromatic carbocycles. The van der Waals surface area contributed by atoms with Crippen molar-refractivity contribution in [3.8, 4) is 0 Å². The summed E-state index contributed by atoms with van der Waals surface area (Å²) in [4.78, 5) is 0. The molecule has 1 unspecified atom stereocenters. The van der Waals surface area contributed by atoms with E-state index in [0.717, 1.165) is 19.3 Å². The number of hydrogen-bond donors (Lipinski definition) is 1. The highest BCUT2D eigenvalue weighted by Crippen LogP contribution is 2.31. The number of fused-ring (bicyclic) bond motifs is 1. The van der Waals surface area contributed by atoms with Crippen LogP contribution < -0.4 is 4.72 Å². The predicted molar refractivity (Wildman–Crippen MR) is 76.0 cm³/mol. The number of nitrogens with one attached hydrogen (secondary N) is 1. The lowest BCUT2D eigenvalue weighted by molar-refractivity contribution is 0.442. The van der Waals surface area contributed by atoms with Crippen LogP contribution in [0.25, 0.3) is 0 Å². The summed E-state index contributed by atoms with van der Waals surface area (Å²) in [5.41, 5.74) is 2.60. The summed E-state index contributed by atoms with van der Waals surface area (Å²) in [6.07, 6.45) is 4.56. The van der Waals surface area contributed by atoms with Crippen LogP contribution in [-0.2, 0) is 16.4 Å². The van der Waals surface area contributed by atoms with Crippen LogP contribution in [-0.4, -0.2) is 15.0 Å².